The smallest absolute Gasteiger partial charge is 0.335 e. The molecule has 19 heavy (non-hydrogen) atoms. The Bertz CT molecular complexity index is 675. The molecule has 0 aliphatic rings. The van der Waals surface area contributed by atoms with Gasteiger partial charge >= 0.3 is 5.97 Å². The van der Waals surface area contributed by atoms with Crippen molar-refractivity contribution in [2.24, 2.45) is 0 Å². The fourth-order valence-electron chi connectivity index (χ4n) is 1.50. The van der Waals surface area contributed by atoms with Crippen LogP contribution in [0.5, 0.6) is 0 Å². The highest BCUT2D eigenvalue weighted by Gasteiger charge is 2.22. The van der Waals surface area contributed by atoms with Crippen molar-refractivity contribution in [3.8, 4) is 0 Å². The lowest BCUT2D eigenvalue weighted by Gasteiger charge is -2.18. The van der Waals surface area contributed by atoms with E-state index in [4.69, 9.17) is 5.11 Å². The normalized spacial score (nSPS) is 11.2. The standard InChI is InChI=1S/C12H11NO4S2/c1-13(19(16,17)11-3-2-8-18-11)10-6-4-9(5-7-10)12(14)15/h2-8H,1H3,(H,14,15). The monoisotopic (exact) mass is 297 g/mol. The number of aromatic carboxylic acids is 1. The largest absolute Gasteiger partial charge is 0.478 e. The summed E-state index contributed by atoms with van der Waals surface area (Å²) in [5, 5.41) is 10.5. The van der Waals surface area contributed by atoms with Crippen LogP contribution in [-0.4, -0.2) is 26.5 Å². The van der Waals surface area contributed by atoms with Crippen LogP contribution in [-0.2, 0) is 10.0 Å². The summed E-state index contributed by atoms with van der Waals surface area (Å²) in [5.41, 5.74) is 0.532. The van der Waals surface area contributed by atoms with Gasteiger partial charge in [0.25, 0.3) is 10.0 Å². The summed E-state index contributed by atoms with van der Waals surface area (Å²) in [6, 6.07) is 8.88. The third-order valence-corrected chi connectivity index (χ3v) is 5.75. The number of carboxylic acid groups (broad SMARTS) is 1. The number of benzene rings is 1. The number of carbonyl (C=O) groups is 1. The third kappa shape index (κ3) is 2.61. The van der Waals surface area contributed by atoms with Crippen molar-refractivity contribution in [2.75, 3.05) is 11.4 Å². The molecule has 1 N–H and O–H groups in total. The van der Waals surface area contributed by atoms with Crippen molar-refractivity contribution >= 4 is 33.0 Å². The third-order valence-electron chi connectivity index (χ3n) is 2.59. The maximum absolute atomic E-state index is 12.2. The highest BCUT2D eigenvalue weighted by atomic mass is 32.2. The molecular weight excluding hydrogens is 286 g/mol. The lowest BCUT2D eigenvalue weighted by Crippen LogP contribution is -2.25. The van der Waals surface area contributed by atoms with Crippen molar-refractivity contribution < 1.29 is 18.3 Å². The molecule has 0 aliphatic carbocycles. The van der Waals surface area contributed by atoms with Gasteiger partial charge < -0.3 is 5.11 Å². The van der Waals surface area contributed by atoms with Crippen molar-refractivity contribution in [1.82, 2.24) is 0 Å². The van der Waals surface area contributed by atoms with E-state index in [-0.39, 0.29) is 9.77 Å². The van der Waals surface area contributed by atoms with Crippen molar-refractivity contribution in [3.63, 3.8) is 0 Å². The van der Waals surface area contributed by atoms with E-state index >= 15 is 0 Å². The molecule has 0 saturated carbocycles. The molecular formula is C12H11NO4S2. The topological polar surface area (TPSA) is 74.7 Å². The van der Waals surface area contributed by atoms with Gasteiger partial charge in [0.05, 0.1) is 11.3 Å². The molecule has 0 spiro atoms. The molecule has 1 aromatic carbocycles. The van der Waals surface area contributed by atoms with Gasteiger partial charge in [-0.3, -0.25) is 4.31 Å². The quantitative estimate of drug-likeness (QED) is 0.939. The molecule has 0 aliphatic heterocycles. The molecule has 0 bridgehead atoms. The first-order valence-corrected chi connectivity index (χ1v) is 7.60. The van der Waals surface area contributed by atoms with E-state index in [1.807, 2.05) is 0 Å². The average Bonchev–Trinajstić information content (AvgIpc) is 2.92. The van der Waals surface area contributed by atoms with E-state index < -0.39 is 16.0 Å². The number of carboxylic acids is 1. The summed E-state index contributed by atoms with van der Waals surface area (Å²) in [6.07, 6.45) is 0. The number of hydrogen-bond acceptors (Lipinski definition) is 4. The van der Waals surface area contributed by atoms with Crippen molar-refractivity contribution in [3.05, 3.63) is 47.3 Å². The minimum Gasteiger partial charge on any atom is -0.478 e. The highest BCUT2D eigenvalue weighted by Crippen LogP contribution is 2.25. The molecule has 100 valence electrons. The number of thiophene rings is 1. The molecule has 0 fully saturated rings. The SMILES string of the molecule is CN(c1ccc(C(=O)O)cc1)S(=O)(=O)c1cccs1. The van der Waals surface area contributed by atoms with Crippen LogP contribution in [0.25, 0.3) is 0 Å². The van der Waals surface area contributed by atoms with Gasteiger partial charge in [-0.05, 0) is 35.7 Å². The molecule has 1 heterocycles. The lowest BCUT2D eigenvalue weighted by atomic mass is 10.2. The van der Waals surface area contributed by atoms with Crippen LogP contribution >= 0.6 is 11.3 Å². The molecule has 0 amide bonds. The van der Waals surface area contributed by atoms with Gasteiger partial charge in [0.1, 0.15) is 4.21 Å². The first kappa shape index (κ1) is 13.6. The Morgan fingerprint density at radius 3 is 2.32 bits per heavy atom. The van der Waals surface area contributed by atoms with Gasteiger partial charge in [-0.25, -0.2) is 13.2 Å². The van der Waals surface area contributed by atoms with Crippen LogP contribution in [0.4, 0.5) is 5.69 Å². The van der Waals surface area contributed by atoms with E-state index in [2.05, 4.69) is 0 Å². The zero-order valence-electron chi connectivity index (χ0n) is 9.98. The number of rotatable bonds is 4. The number of nitrogens with zero attached hydrogens (tertiary/aromatic N) is 1. The molecule has 5 nitrogen and oxygen atoms in total. The van der Waals surface area contributed by atoms with Crippen LogP contribution in [0.3, 0.4) is 0 Å². The number of anilines is 1. The molecule has 0 unspecified atom stereocenters. The van der Waals surface area contributed by atoms with Crippen LogP contribution in [0, 0.1) is 0 Å². The molecule has 0 saturated heterocycles. The van der Waals surface area contributed by atoms with Gasteiger partial charge in [0, 0.05) is 7.05 Å². The second-order valence-electron chi connectivity index (χ2n) is 3.76. The average molecular weight is 297 g/mol. The summed E-state index contributed by atoms with van der Waals surface area (Å²) in [5.74, 6) is -1.05. The predicted molar refractivity (Wildman–Crippen MR) is 73.3 cm³/mol. The second kappa shape index (κ2) is 5.02. The van der Waals surface area contributed by atoms with Gasteiger partial charge in [0.2, 0.25) is 0 Å². The molecule has 7 heteroatoms. The van der Waals surface area contributed by atoms with Crippen LogP contribution in [0.1, 0.15) is 10.4 Å². The maximum Gasteiger partial charge on any atom is 0.335 e. The summed E-state index contributed by atoms with van der Waals surface area (Å²) in [6.45, 7) is 0. The number of sulfonamides is 1. The van der Waals surface area contributed by atoms with Crippen LogP contribution in [0.15, 0.2) is 46.0 Å². The first-order chi connectivity index (χ1) is 8.93. The Balaban J connectivity index is 2.34. The summed E-state index contributed by atoms with van der Waals surface area (Å²) < 4.78 is 25.8. The van der Waals surface area contributed by atoms with E-state index in [0.717, 1.165) is 15.6 Å². The zero-order valence-corrected chi connectivity index (χ0v) is 11.6. The van der Waals surface area contributed by atoms with E-state index in [1.54, 1.807) is 11.4 Å². The summed E-state index contributed by atoms with van der Waals surface area (Å²) in [7, 11) is -2.14. The maximum atomic E-state index is 12.2. The number of hydrogen-bond donors (Lipinski definition) is 1. The predicted octanol–water partition coefficient (Wildman–Crippen LogP) is 2.27. The summed E-state index contributed by atoms with van der Waals surface area (Å²) >= 11 is 1.14. The Kier molecular flexibility index (Phi) is 3.59. The van der Waals surface area contributed by atoms with Gasteiger partial charge in [-0.1, -0.05) is 6.07 Å². The lowest BCUT2D eigenvalue weighted by molar-refractivity contribution is 0.0697. The minimum atomic E-state index is -3.58. The van der Waals surface area contributed by atoms with Crippen LogP contribution in [0.2, 0.25) is 0 Å². The fraction of sp³-hybridized carbons (Fsp3) is 0.0833. The van der Waals surface area contributed by atoms with Gasteiger partial charge in [-0.15, -0.1) is 11.3 Å². The molecule has 0 atom stereocenters. The molecule has 2 rings (SSSR count). The van der Waals surface area contributed by atoms with Crippen molar-refractivity contribution in [1.29, 1.82) is 0 Å². The van der Waals surface area contributed by atoms with Crippen molar-refractivity contribution in [2.45, 2.75) is 4.21 Å². The summed E-state index contributed by atoms with van der Waals surface area (Å²) in [4.78, 5) is 10.7. The van der Waals surface area contributed by atoms with Gasteiger partial charge in [-0.2, -0.15) is 0 Å². The highest BCUT2D eigenvalue weighted by molar-refractivity contribution is 7.94. The van der Waals surface area contributed by atoms with Crippen LogP contribution < -0.4 is 4.31 Å². The fourth-order valence-corrected chi connectivity index (χ4v) is 3.85. The Hall–Kier alpha value is -1.86. The molecule has 2 aromatic rings. The Morgan fingerprint density at radius 2 is 1.84 bits per heavy atom. The molecule has 0 radical (unpaired) electrons. The minimum absolute atomic E-state index is 0.116. The molecule has 1 aromatic heterocycles. The zero-order chi connectivity index (χ0) is 14.0. The first-order valence-electron chi connectivity index (χ1n) is 5.29. The van der Waals surface area contributed by atoms with Gasteiger partial charge in [0.15, 0.2) is 0 Å². The van der Waals surface area contributed by atoms with E-state index in [1.165, 1.54) is 37.4 Å². The Labute approximate surface area is 114 Å². The van der Waals surface area contributed by atoms with E-state index in [9.17, 15) is 13.2 Å². The Morgan fingerprint density at radius 1 is 1.21 bits per heavy atom. The second-order valence-corrected chi connectivity index (χ2v) is 6.90. The van der Waals surface area contributed by atoms with E-state index in [0.29, 0.717) is 5.69 Å².